The van der Waals surface area contributed by atoms with Crippen LogP contribution in [-0.4, -0.2) is 58.0 Å². The third-order valence-electron chi connectivity index (χ3n) is 8.96. The van der Waals surface area contributed by atoms with Gasteiger partial charge >= 0.3 is 0 Å². The Morgan fingerprint density at radius 1 is 1.00 bits per heavy atom. The van der Waals surface area contributed by atoms with E-state index in [2.05, 4.69) is 34.2 Å². The first-order valence-corrected chi connectivity index (χ1v) is 13.5. The van der Waals surface area contributed by atoms with Crippen LogP contribution in [0.4, 0.5) is 0 Å². The van der Waals surface area contributed by atoms with Crippen molar-refractivity contribution in [2.24, 2.45) is 0 Å². The second-order valence-corrected chi connectivity index (χ2v) is 11.8. The highest BCUT2D eigenvalue weighted by Crippen LogP contribution is 2.50. The van der Waals surface area contributed by atoms with Crippen molar-refractivity contribution in [3.05, 3.63) is 63.7 Å². The van der Waals surface area contributed by atoms with Gasteiger partial charge in [-0.05, 0) is 55.6 Å². The monoisotopic (exact) mass is 532 g/mol. The van der Waals surface area contributed by atoms with E-state index in [1.165, 1.54) is 4.90 Å². The third kappa shape index (κ3) is 3.42. The van der Waals surface area contributed by atoms with Gasteiger partial charge in [0.05, 0.1) is 13.2 Å². The molecule has 196 valence electrons. The molecule has 0 radical (unpaired) electrons. The van der Waals surface area contributed by atoms with E-state index in [1.807, 2.05) is 24.3 Å². The molecule has 2 fully saturated rings. The Balaban J connectivity index is 1.08. The van der Waals surface area contributed by atoms with Crippen molar-refractivity contribution in [1.29, 1.82) is 0 Å². The zero-order chi connectivity index (χ0) is 26.2. The number of piperidine rings is 2. The fourth-order valence-corrected chi connectivity index (χ4v) is 6.98. The molecule has 0 aliphatic carbocycles. The molecule has 1 spiro atoms. The summed E-state index contributed by atoms with van der Waals surface area (Å²) in [4.78, 5) is 52.2. The molecular formula is C28H28N4O5S. The number of ether oxygens (including phenoxy) is 1. The number of thiol groups is 1. The molecule has 5 aliphatic heterocycles. The van der Waals surface area contributed by atoms with E-state index >= 15 is 0 Å². The van der Waals surface area contributed by atoms with Crippen LogP contribution in [0.2, 0.25) is 0 Å². The SMILES string of the molecule is O=C1CC[C@@](S)(N2Cc3c(ccc4c3OCC43CCN(Cc4ccc5c(c4)C(=O)NC5)CC3)C2=O)C(=O)N1. The van der Waals surface area contributed by atoms with Crippen molar-refractivity contribution >= 4 is 36.3 Å². The summed E-state index contributed by atoms with van der Waals surface area (Å²) in [6.45, 7) is 4.02. The highest BCUT2D eigenvalue weighted by molar-refractivity contribution is 7.82. The Morgan fingerprint density at radius 2 is 1.82 bits per heavy atom. The standard InChI is InChI=1S/C28H28N4O5S/c33-22-5-6-28(38,26(36)30-22)32-14-20-18(25(32)35)3-4-21-23(20)37-15-27(21)7-9-31(10-8-27)13-16-1-2-17-12-29-24(34)19(17)11-16/h1-4,11,38H,5-10,12-15H2,(H,29,34)(H,30,33,36)/t28-/m0/s1. The zero-order valence-electron chi connectivity index (χ0n) is 20.8. The maximum Gasteiger partial charge on any atom is 0.262 e. The van der Waals surface area contributed by atoms with E-state index in [9.17, 15) is 19.2 Å². The molecule has 2 aromatic rings. The minimum Gasteiger partial charge on any atom is -0.492 e. The van der Waals surface area contributed by atoms with Crippen molar-refractivity contribution in [3.63, 3.8) is 0 Å². The topological polar surface area (TPSA) is 108 Å². The number of nitrogens with zero attached hydrogens (tertiary/aromatic N) is 2. The summed E-state index contributed by atoms with van der Waals surface area (Å²) in [5.41, 5.74) is 5.36. The maximum absolute atomic E-state index is 13.3. The van der Waals surface area contributed by atoms with E-state index in [4.69, 9.17) is 4.74 Å². The lowest BCUT2D eigenvalue weighted by atomic mass is 9.74. The molecule has 0 unspecified atom stereocenters. The summed E-state index contributed by atoms with van der Waals surface area (Å²) in [5, 5.41) is 5.20. The van der Waals surface area contributed by atoms with Crippen molar-refractivity contribution in [1.82, 2.24) is 20.4 Å². The Bertz CT molecular complexity index is 1430. The molecule has 2 N–H and O–H groups in total. The van der Waals surface area contributed by atoms with Gasteiger partial charge in [-0.15, -0.1) is 12.6 Å². The zero-order valence-corrected chi connectivity index (χ0v) is 21.7. The summed E-state index contributed by atoms with van der Waals surface area (Å²) in [6.07, 6.45) is 2.19. The fourth-order valence-electron chi connectivity index (χ4n) is 6.65. The number of hydrogen-bond acceptors (Lipinski definition) is 7. The van der Waals surface area contributed by atoms with Crippen molar-refractivity contribution in [2.75, 3.05) is 19.7 Å². The molecule has 38 heavy (non-hydrogen) atoms. The van der Waals surface area contributed by atoms with Crippen LogP contribution in [0.5, 0.6) is 5.75 Å². The number of rotatable bonds is 3. The Kier molecular flexibility index (Phi) is 5.19. The molecule has 0 aromatic heterocycles. The predicted molar refractivity (Wildman–Crippen MR) is 140 cm³/mol. The van der Waals surface area contributed by atoms with Gasteiger partial charge in [0.15, 0.2) is 4.87 Å². The number of fused-ring (bicyclic) bond motifs is 5. The minimum absolute atomic E-state index is 0.00480. The first-order chi connectivity index (χ1) is 18.3. The van der Waals surface area contributed by atoms with Gasteiger partial charge in [0.1, 0.15) is 5.75 Å². The molecule has 4 amide bonds. The highest BCUT2D eigenvalue weighted by Gasteiger charge is 2.52. The summed E-state index contributed by atoms with van der Waals surface area (Å²) < 4.78 is 6.29. The van der Waals surface area contributed by atoms with Crippen LogP contribution in [0.3, 0.4) is 0 Å². The number of hydrogen-bond donors (Lipinski definition) is 3. The number of carbonyl (C=O) groups excluding carboxylic acids is 4. The van der Waals surface area contributed by atoms with Crippen LogP contribution in [0.25, 0.3) is 0 Å². The van der Waals surface area contributed by atoms with Crippen molar-refractivity contribution in [3.8, 4) is 5.75 Å². The molecule has 10 heteroatoms. The summed E-state index contributed by atoms with van der Waals surface area (Å²) in [5.74, 6) is -0.387. The largest absolute Gasteiger partial charge is 0.492 e. The number of imide groups is 1. The van der Waals surface area contributed by atoms with E-state index in [1.54, 1.807) is 0 Å². The summed E-state index contributed by atoms with van der Waals surface area (Å²) in [6, 6.07) is 10.0. The number of nitrogens with one attached hydrogen (secondary N) is 2. The van der Waals surface area contributed by atoms with Gasteiger partial charge in [-0.2, -0.15) is 0 Å². The van der Waals surface area contributed by atoms with Gasteiger partial charge in [0, 0.05) is 47.2 Å². The van der Waals surface area contributed by atoms with Gasteiger partial charge in [-0.1, -0.05) is 18.2 Å². The number of carbonyl (C=O) groups is 4. The van der Waals surface area contributed by atoms with Gasteiger partial charge in [0.2, 0.25) is 5.91 Å². The lowest BCUT2D eigenvalue weighted by molar-refractivity contribution is -0.138. The van der Waals surface area contributed by atoms with Crippen LogP contribution in [0.1, 0.15) is 68.7 Å². The minimum atomic E-state index is -1.36. The van der Waals surface area contributed by atoms with Gasteiger partial charge in [-0.3, -0.25) is 29.4 Å². The molecule has 9 nitrogen and oxygen atoms in total. The van der Waals surface area contributed by atoms with Gasteiger partial charge < -0.3 is 15.0 Å². The molecule has 7 rings (SSSR count). The molecule has 5 heterocycles. The predicted octanol–water partition coefficient (Wildman–Crippen LogP) is 1.87. The fraction of sp³-hybridized carbons (Fsp3) is 0.429. The first kappa shape index (κ1) is 23.7. The highest BCUT2D eigenvalue weighted by atomic mass is 32.1. The smallest absolute Gasteiger partial charge is 0.262 e. The number of likely N-dealkylation sites (tertiary alicyclic amines) is 1. The van der Waals surface area contributed by atoms with Crippen LogP contribution < -0.4 is 15.4 Å². The Hall–Kier alpha value is -3.37. The average molecular weight is 533 g/mol. The van der Waals surface area contributed by atoms with Gasteiger partial charge in [-0.25, -0.2) is 0 Å². The Labute approximate surface area is 225 Å². The second kappa shape index (κ2) is 8.31. The van der Waals surface area contributed by atoms with Gasteiger partial charge in [0.25, 0.3) is 17.7 Å². The Morgan fingerprint density at radius 3 is 2.61 bits per heavy atom. The van der Waals surface area contributed by atoms with Crippen LogP contribution in [0, 0.1) is 0 Å². The lowest BCUT2D eigenvalue weighted by Gasteiger charge is -2.38. The summed E-state index contributed by atoms with van der Waals surface area (Å²) >= 11 is 4.59. The summed E-state index contributed by atoms with van der Waals surface area (Å²) in [7, 11) is 0. The van der Waals surface area contributed by atoms with E-state index in [0.717, 1.165) is 66.0 Å². The molecule has 0 bridgehead atoms. The average Bonchev–Trinajstić information content (AvgIpc) is 3.57. The molecule has 2 aromatic carbocycles. The molecule has 0 saturated carbocycles. The normalized spacial score (nSPS) is 25.7. The van der Waals surface area contributed by atoms with Crippen molar-refractivity contribution < 1.29 is 23.9 Å². The molecule has 5 aliphatic rings. The van der Waals surface area contributed by atoms with Crippen LogP contribution >= 0.6 is 12.6 Å². The maximum atomic E-state index is 13.3. The van der Waals surface area contributed by atoms with Crippen LogP contribution in [-0.2, 0) is 34.6 Å². The van der Waals surface area contributed by atoms with Crippen molar-refractivity contribution in [2.45, 2.75) is 55.6 Å². The van der Waals surface area contributed by atoms with E-state index < -0.39 is 10.8 Å². The molecular weight excluding hydrogens is 504 g/mol. The number of benzene rings is 2. The molecule has 2 saturated heterocycles. The van der Waals surface area contributed by atoms with E-state index in [-0.39, 0.29) is 42.5 Å². The lowest BCUT2D eigenvalue weighted by Crippen LogP contribution is -2.59. The number of amides is 4. The quantitative estimate of drug-likeness (QED) is 0.412. The third-order valence-corrected chi connectivity index (χ3v) is 9.63. The first-order valence-electron chi connectivity index (χ1n) is 13.1. The second-order valence-electron chi connectivity index (χ2n) is 11.1. The van der Waals surface area contributed by atoms with Crippen LogP contribution in [0.15, 0.2) is 30.3 Å². The van der Waals surface area contributed by atoms with E-state index in [0.29, 0.717) is 18.7 Å². The molecule has 1 atom stereocenters.